The monoisotopic (exact) mass is 336 g/mol. The van der Waals surface area contributed by atoms with E-state index in [4.69, 9.17) is 6.42 Å². The second-order valence-corrected chi connectivity index (χ2v) is 6.45. The Bertz CT molecular complexity index is 690. The lowest BCUT2D eigenvalue weighted by Gasteiger charge is -2.26. The molecule has 132 valence electrons. The molecule has 1 aliphatic heterocycles. The molecule has 1 N–H and O–H groups in total. The van der Waals surface area contributed by atoms with Crippen molar-refractivity contribution in [2.24, 2.45) is 0 Å². The number of terminal acetylenes is 1. The number of nitrogens with zero attached hydrogens (tertiary/aromatic N) is 3. The average molecular weight is 336 g/mol. The molecule has 0 saturated heterocycles. The van der Waals surface area contributed by atoms with Gasteiger partial charge in [0.1, 0.15) is 0 Å². The largest absolute Gasteiger partial charge is 0.325 e. The number of rotatable bonds is 9. The number of fused-ring (bicyclic) bond motifs is 1. The predicted octanol–water partition coefficient (Wildman–Crippen LogP) is 4.43. The number of anilines is 1. The average Bonchev–Trinajstić information content (AvgIpc) is 3.02. The molecule has 4 heteroatoms. The topological polar surface area (TPSA) is 41.1 Å². The van der Waals surface area contributed by atoms with Crippen molar-refractivity contribution in [2.75, 3.05) is 5.32 Å². The molecule has 25 heavy (non-hydrogen) atoms. The summed E-state index contributed by atoms with van der Waals surface area (Å²) in [4.78, 5) is 11.6. The molecule has 0 spiro atoms. The van der Waals surface area contributed by atoms with Crippen LogP contribution in [0, 0.1) is 12.3 Å². The molecule has 1 aromatic heterocycles. The van der Waals surface area contributed by atoms with E-state index in [0.717, 1.165) is 18.8 Å². The minimum absolute atomic E-state index is 0.573. The van der Waals surface area contributed by atoms with E-state index >= 15 is 0 Å². The first-order chi connectivity index (χ1) is 12.1. The van der Waals surface area contributed by atoms with Gasteiger partial charge in [0.2, 0.25) is 5.95 Å². The van der Waals surface area contributed by atoms with Gasteiger partial charge >= 0.3 is 0 Å². The van der Waals surface area contributed by atoms with E-state index in [1.54, 1.807) is 12.2 Å². The number of hydrogen-bond acceptors (Lipinski definition) is 4. The van der Waals surface area contributed by atoms with Gasteiger partial charge in [-0.2, -0.15) is 0 Å². The van der Waals surface area contributed by atoms with Crippen LogP contribution in [-0.4, -0.2) is 20.9 Å². The fourth-order valence-corrected chi connectivity index (χ4v) is 3.11. The van der Waals surface area contributed by atoms with Crippen molar-refractivity contribution in [2.45, 2.75) is 58.7 Å². The summed E-state index contributed by atoms with van der Waals surface area (Å²) >= 11 is 0. The highest BCUT2D eigenvalue weighted by Gasteiger charge is 2.26. The highest BCUT2D eigenvalue weighted by atomic mass is 15.2. The Labute approximate surface area is 151 Å². The normalized spacial score (nSPS) is 13.8. The highest BCUT2D eigenvalue weighted by Crippen LogP contribution is 2.27. The molecule has 2 rings (SSSR count). The minimum Gasteiger partial charge on any atom is -0.325 e. The summed E-state index contributed by atoms with van der Waals surface area (Å²) in [6, 6.07) is 0.633. The molecule has 0 unspecified atom stereocenters. The Hall–Kier alpha value is -2.38. The van der Waals surface area contributed by atoms with Crippen LogP contribution in [0.2, 0.25) is 0 Å². The summed E-state index contributed by atoms with van der Waals surface area (Å²) in [5, 5.41) is 3.11. The first-order valence-corrected chi connectivity index (χ1v) is 8.95. The third kappa shape index (κ3) is 5.30. The lowest BCUT2D eigenvalue weighted by molar-refractivity contribution is 0.175. The smallest absolute Gasteiger partial charge is 0.227 e. The van der Waals surface area contributed by atoms with E-state index in [9.17, 15) is 0 Å². The fraction of sp³-hybridized carbons (Fsp3) is 0.429. The maximum atomic E-state index is 5.27. The van der Waals surface area contributed by atoms with Gasteiger partial charge in [-0.3, -0.25) is 4.90 Å². The van der Waals surface area contributed by atoms with Crippen LogP contribution in [0.4, 0.5) is 5.95 Å². The zero-order valence-electron chi connectivity index (χ0n) is 15.4. The second kappa shape index (κ2) is 9.19. The van der Waals surface area contributed by atoms with Gasteiger partial charge in [0.05, 0.1) is 5.69 Å². The molecule has 0 saturated carbocycles. The molecule has 1 aromatic rings. The molecule has 4 nitrogen and oxygen atoms in total. The predicted molar refractivity (Wildman–Crippen MR) is 105 cm³/mol. The van der Waals surface area contributed by atoms with E-state index in [-0.39, 0.29) is 0 Å². The molecule has 0 atom stereocenters. The van der Waals surface area contributed by atoms with E-state index in [2.05, 4.69) is 53.1 Å². The lowest BCUT2D eigenvalue weighted by Crippen LogP contribution is -2.30. The third-order valence-electron chi connectivity index (χ3n) is 4.38. The molecule has 0 fully saturated rings. The Balaban J connectivity index is 2.02. The third-order valence-corrected chi connectivity index (χ3v) is 4.38. The molecule has 0 bridgehead atoms. The Morgan fingerprint density at radius 2 is 2.04 bits per heavy atom. The number of nitrogens with one attached hydrogen (secondary N) is 1. The summed E-state index contributed by atoms with van der Waals surface area (Å²) in [5.41, 5.74) is 3.62. The first kappa shape index (κ1) is 19.0. The van der Waals surface area contributed by atoms with E-state index in [1.807, 2.05) is 6.20 Å². The molecule has 0 radical (unpaired) electrons. The fourth-order valence-electron chi connectivity index (χ4n) is 3.11. The van der Waals surface area contributed by atoms with Gasteiger partial charge in [-0.05, 0) is 25.0 Å². The van der Waals surface area contributed by atoms with E-state index in [0.29, 0.717) is 23.3 Å². The lowest BCUT2D eigenvalue weighted by atomic mass is 10.1. The van der Waals surface area contributed by atoms with Gasteiger partial charge in [0.25, 0.3) is 0 Å². The Kier molecular flexibility index (Phi) is 6.97. The van der Waals surface area contributed by atoms with Crippen LogP contribution in [0.25, 0.3) is 0 Å². The first-order valence-electron chi connectivity index (χ1n) is 8.95. The van der Waals surface area contributed by atoms with Crippen LogP contribution >= 0.6 is 0 Å². The van der Waals surface area contributed by atoms with Crippen LogP contribution in [0.1, 0.15) is 50.8 Å². The SMILES string of the molecule is C#CC(=C)/C=C\C(=C)Nc1ncc2c(n1)CN(C(CCC)CCC)C2. The molecule has 0 aliphatic carbocycles. The van der Waals surface area contributed by atoms with Gasteiger partial charge in [-0.25, -0.2) is 9.97 Å². The van der Waals surface area contributed by atoms with Crippen molar-refractivity contribution in [3.8, 4) is 12.3 Å². The number of hydrogen-bond donors (Lipinski definition) is 1. The van der Waals surface area contributed by atoms with Crippen LogP contribution in [0.3, 0.4) is 0 Å². The molecular weight excluding hydrogens is 308 g/mol. The minimum atomic E-state index is 0.573. The van der Waals surface area contributed by atoms with Crippen molar-refractivity contribution >= 4 is 5.95 Å². The van der Waals surface area contributed by atoms with Gasteiger partial charge in [0, 0.05) is 42.2 Å². The maximum absolute atomic E-state index is 5.27. The molecule has 1 aliphatic rings. The second-order valence-electron chi connectivity index (χ2n) is 6.45. The van der Waals surface area contributed by atoms with Crippen molar-refractivity contribution in [3.63, 3.8) is 0 Å². The summed E-state index contributed by atoms with van der Waals surface area (Å²) in [6.07, 6.45) is 15.6. The van der Waals surface area contributed by atoms with Crippen molar-refractivity contribution in [1.29, 1.82) is 0 Å². The van der Waals surface area contributed by atoms with Crippen molar-refractivity contribution in [3.05, 3.63) is 54.0 Å². The van der Waals surface area contributed by atoms with Gasteiger partial charge in [-0.1, -0.05) is 45.8 Å². The van der Waals surface area contributed by atoms with Crippen LogP contribution in [0.15, 0.2) is 42.8 Å². The molecule has 0 amide bonds. The number of aromatic nitrogens is 2. The van der Waals surface area contributed by atoms with Gasteiger partial charge < -0.3 is 5.32 Å². The zero-order valence-corrected chi connectivity index (χ0v) is 15.4. The number of allylic oxidation sites excluding steroid dienone is 3. The summed E-state index contributed by atoms with van der Waals surface area (Å²) in [6.45, 7) is 14.0. The standard InChI is InChI=1S/C21H28N4/c1-6-9-19(10-7-2)25-14-18-13-22-21(24-20(18)15-25)23-17(5)12-11-16(4)8-3/h3,11-13,19H,4-7,9-10,14-15H2,1-2H3,(H,22,23,24)/b12-11-. The quantitative estimate of drug-likeness (QED) is 0.535. The van der Waals surface area contributed by atoms with E-state index in [1.165, 1.54) is 31.2 Å². The van der Waals surface area contributed by atoms with Gasteiger partial charge in [0.15, 0.2) is 0 Å². The van der Waals surface area contributed by atoms with Crippen molar-refractivity contribution in [1.82, 2.24) is 14.9 Å². The molecular formula is C21H28N4. The zero-order chi connectivity index (χ0) is 18.2. The van der Waals surface area contributed by atoms with Crippen LogP contribution < -0.4 is 5.32 Å². The van der Waals surface area contributed by atoms with Crippen LogP contribution in [-0.2, 0) is 13.1 Å². The Morgan fingerprint density at radius 3 is 2.68 bits per heavy atom. The molecule has 0 aromatic carbocycles. The van der Waals surface area contributed by atoms with Crippen LogP contribution in [0.5, 0.6) is 0 Å². The van der Waals surface area contributed by atoms with Crippen molar-refractivity contribution < 1.29 is 0 Å². The summed E-state index contributed by atoms with van der Waals surface area (Å²) in [5.74, 6) is 3.04. The molecule has 2 heterocycles. The highest BCUT2D eigenvalue weighted by molar-refractivity contribution is 5.43. The summed E-state index contributed by atoms with van der Waals surface area (Å²) in [7, 11) is 0. The van der Waals surface area contributed by atoms with Gasteiger partial charge in [-0.15, -0.1) is 6.42 Å². The maximum Gasteiger partial charge on any atom is 0.227 e. The summed E-state index contributed by atoms with van der Waals surface area (Å²) < 4.78 is 0. The Morgan fingerprint density at radius 1 is 1.32 bits per heavy atom. The van der Waals surface area contributed by atoms with E-state index < -0.39 is 0 Å².